The Morgan fingerprint density at radius 3 is 2.24 bits per heavy atom. The van der Waals surface area contributed by atoms with Crippen molar-refractivity contribution in [3.05, 3.63) is 23.5 Å². The molecule has 1 aromatic rings. The lowest BCUT2D eigenvalue weighted by atomic mass is 10.00. The molecular weight excluding hydrogens is 236 g/mol. The van der Waals surface area contributed by atoms with Crippen LogP contribution < -0.4 is 4.90 Å². The summed E-state index contributed by atoms with van der Waals surface area (Å²) in [6.45, 7) is 2.70. The van der Waals surface area contributed by atoms with E-state index in [4.69, 9.17) is 0 Å². The standard InChI is InChI=1S/C11H12F4N2/c1-6-3-2-4-17(5-6)9-7(12)10(14)16-11(15)8(9)13/h6H,2-5H2,1H3. The summed E-state index contributed by atoms with van der Waals surface area (Å²) >= 11 is 0. The van der Waals surface area contributed by atoms with Crippen LogP contribution in [0.4, 0.5) is 23.2 Å². The first-order valence-corrected chi connectivity index (χ1v) is 5.45. The third kappa shape index (κ3) is 2.21. The van der Waals surface area contributed by atoms with Crippen LogP contribution in [0.3, 0.4) is 0 Å². The predicted octanol–water partition coefficient (Wildman–Crippen LogP) is 2.87. The van der Waals surface area contributed by atoms with E-state index in [0.29, 0.717) is 13.1 Å². The molecular formula is C11H12F4N2. The molecule has 2 nitrogen and oxygen atoms in total. The van der Waals surface area contributed by atoms with E-state index in [2.05, 4.69) is 4.98 Å². The number of rotatable bonds is 1. The number of piperidine rings is 1. The molecule has 0 amide bonds. The summed E-state index contributed by atoms with van der Waals surface area (Å²) in [5.41, 5.74) is -0.637. The lowest BCUT2D eigenvalue weighted by molar-refractivity contribution is 0.390. The Bertz CT molecular complexity index is 410. The van der Waals surface area contributed by atoms with Crippen LogP contribution in [0.5, 0.6) is 0 Å². The number of aromatic nitrogens is 1. The molecule has 1 aliphatic rings. The molecule has 0 radical (unpaired) electrons. The Labute approximate surface area is 96.3 Å². The third-order valence-electron chi connectivity index (χ3n) is 2.95. The van der Waals surface area contributed by atoms with Crippen molar-refractivity contribution in [1.29, 1.82) is 0 Å². The van der Waals surface area contributed by atoms with Crippen LogP contribution in [-0.2, 0) is 0 Å². The molecule has 0 saturated carbocycles. The Morgan fingerprint density at radius 1 is 1.12 bits per heavy atom. The first-order valence-electron chi connectivity index (χ1n) is 5.45. The van der Waals surface area contributed by atoms with E-state index in [0.717, 1.165) is 12.8 Å². The summed E-state index contributed by atoms with van der Waals surface area (Å²) in [6.07, 6.45) is 1.68. The lowest BCUT2D eigenvalue weighted by Gasteiger charge is -2.32. The molecule has 1 unspecified atom stereocenters. The van der Waals surface area contributed by atoms with Crippen LogP contribution >= 0.6 is 0 Å². The van der Waals surface area contributed by atoms with Gasteiger partial charge in [0.15, 0.2) is 0 Å². The summed E-state index contributed by atoms with van der Waals surface area (Å²) in [4.78, 5) is 3.88. The zero-order chi connectivity index (χ0) is 12.6. The van der Waals surface area contributed by atoms with Gasteiger partial charge in [0, 0.05) is 13.1 Å². The quantitative estimate of drug-likeness (QED) is 0.561. The van der Waals surface area contributed by atoms with Crippen molar-refractivity contribution in [2.24, 2.45) is 5.92 Å². The number of anilines is 1. The van der Waals surface area contributed by atoms with E-state index in [1.54, 1.807) is 0 Å². The second kappa shape index (κ2) is 4.50. The second-order valence-corrected chi connectivity index (χ2v) is 4.36. The van der Waals surface area contributed by atoms with Crippen molar-refractivity contribution in [1.82, 2.24) is 4.98 Å². The molecule has 94 valence electrons. The average Bonchev–Trinajstić information content (AvgIpc) is 2.27. The number of nitrogens with zero attached hydrogens (tertiary/aromatic N) is 2. The van der Waals surface area contributed by atoms with Crippen molar-refractivity contribution in [2.75, 3.05) is 18.0 Å². The summed E-state index contributed by atoms with van der Waals surface area (Å²) in [7, 11) is 0. The maximum atomic E-state index is 13.5. The van der Waals surface area contributed by atoms with Gasteiger partial charge in [-0.05, 0) is 18.8 Å². The number of halogens is 4. The van der Waals surface area contributed by atoms with Gasteiger partial charge in [0.25, 0.3) is 11.9 Å². The van der Waals surface area contributed by atoms with Gasteiger partial charge >= 0.3 is 0 Å². The zero-order valence-corrected chi connectivity index (χ0v) is 9.31. The van der Waals surface area contributed by atoms with Crippen molar-refractivity contribution >= 4 is 5.69 Å². The van der Waals surface area contributed by atoms with Crippen molar-refractivity contribution in [3.8, 4) is 0 Å². The summed E-state index contributed by atoms with van der Waals surface area (Å²) in [5, 5.41) is 0. The van der Waals surface area contributed by atoms with Crippen LogP contribution in [0, 0.1) is 29.4 Å². The van der Waals surface area contributed by atoms with Crippen LogP contribution in [0.2, 0.25) is 0 Å². The minimum absolute atomic E-state index is 0.238. The van der Waals surface area contributed by atoms with Gasteiger partial charge in [0.2, 0.25) is 11.6 Å². The molecule has 1 fully saturated rings. The first kappa shape index (κ1) is 12.1. The highest BCUT2D eigenvalue weighted by atomic mass is 19.2. The molecule has 2 heterocycles. The first-order chi connectivity index (χ1) is 8.00. The van der Waals surface area contributed by atoms with E-state index >= 15 is 0 Å². The highest BCUT2D eigenvalue weighted by molar-refractivity contribution is 5.48. The zero-order valence-electron chi connectivity index (χ0n) is 9.31. The number of pyridine rings is 1. The molecule has 0 bridgehead atoms. The van der Waals surface area contributed by atoms with E-state index in [-0.39, 0.29) is 5.92 Å². The Balaban J connectivity index is 2.43. The van der Waals surface area contributed by atoms with E-state index in [1.807, 2.05) is 6.92 Å². The van der Waals surface area contributed by atoms with Crippen molar-refractivity contribution < 1.29 is 17.6 Å². The average molecular weight is 248 g/mol. The molecule has 0 spiro atoms. The molecule has 17 heavy (non-hydrogen) atoms. The predicted molar refractivity (Wildman–Crippen MR) is 54.7 cm³/mol. The highest BCUT2D eigenvalue weighted by Crippen LogP contribution is 2.29. The largest absolute Gasteiger partial charge is 0.366 e. The van der Waals surface area contributed by atoms with Gasteiger partial charge in [0.1, 0.15) is 5.69 Å². The molecule has 2 rings (SSSR count). The molecule has 0 aromatic carbocycles. The van der Waals surface area contributed by atoms with Gasteiger partial charge in [-0.15, -0.1) is 0 Å². The minimum Gasteiger partial charge on any atom is -0.366 e. The van der Waals surface area contributed by atoms with Crippen LogP contribution in [0.1, 0.15) is 19.8 Å². The smallest absolute Gasteiger partial charge is 0.253 e. The van der Waals surface area contributed by atoms with E-state index in [1.165, 1.54) is 4.90 Å². The number of hydrogen-bond donors (Lipinski definition) is 0. The monoisotopic (exact) mass is 248 g/mol. The number of hydrogen-bond acceptors (Lipinski definition) is 2. The summed E-state index contributed by atoms with van der Waals surface area (Å²) < 4.78 is 52.8. The van der Waals surface area contributed by atoms with Crippen LogP contribution in [0.15, 0.2) is 0 Å². The maximum Gasteiger partial charge on any atom is 0.253 e. The third-order valence-corrected chi connectivity index (χ3v) is 2.95. The molecule has 1 atom stereocenters. The second-order valence-electron chi connectivity index (χ2n) is 4.36. The van der Waals surface area contributed by atoms with Gasteiger partial charge in [-0.1, -0.05) is 6.92 Å². The van der Waals surface area contributed by atoms with Crippen molar-refractivity contribution in [2.45, 2.75) is 19.8 Å². The highest BCUT2D eigenvalue weighted by Gasteiger charge is 2.27. The molecule has 0 aliphatic carbocycles. The van der Waals surface area contributed by atoms with E-state index < -0.39 is 29.2 Å². The minimum atomic E-state index is -1.60. The molecule has 6 heteroatoms. The van der Waals surface area contributed by atoms with Gasteiger partial charge in [-0.25, -0.2) is 0 Å². The summed E-state index contributed by atoms with van der Waals surface area (Å²) in [6, 6.07) is 0. The molecule has 1 saturated heterocycles. The van der Waals surface area contributed by atoms with Gasteiger partial charge in [-0.3, -0.25) is 0 Å². The fourth-order valence-electron chi connectivity index (χ4n) is 2.15. The Hall–Kier alpha value is -1.33. The Morgan fingerprint density at radius 2 is 1.71 bits per heavy atom. The molecule has 0 N–H and O–H groups in total. The SMILES string of the molecule is CC1CCCN(c2c(F)c(F)nc(F)c2F)C1. The van der Waals surface area contributed by atoms with Crippen LogP contribution in [0.25, 0.3) is 0 Å². The maximum absolute atomic E-state index is 13.5. The van der Waals surface area contributed by atoms with Crippen LogP contribution in [-0.4, -0.2) is 18.1 Å². The van der Waals surface area contributed by atoms with Gasteiger partial charge in [0.05, 0.1) is 0 Å². The summed E-state index contributed by atoms with van der Waals surface area (Å²) in [5.74, 6) is -5.80. The lowest BCUT2D eigenvalue weighted by Crippen LogP contribution is -2.36. The molecule has 1 aromatic heterocycles. The normalized spacial score (nSPS) is 20.8. The van der Waals surface area contributed by atoms with E-state index in [9.17, 15) is 17.6 Å². The van der Waals surface area contributed by atoms with Crippen molar-refractivity contribution in [3.63, 3.8) is 0 Å². The topological polar surface area (TPSA) is 16.1 Å². The molecule has 1 aliphatic heterocycles. The fourth-order valence-corrected chi connectivity index (χ4v) is 2.15. The Kier molecular flexibility index (Phi) is 3.22. The fraction of sp³-hybridized carbons (Fsp3) is 0.545. The van der Waals surface area contributed by atoms with Gasteiger partial charge in [-0.2, -0.15) is 22.5 Å². The van der Waals surface area contributed by atoms with Gasteiger partial charge < -0.3 is 4.90 Å².